The first kappa shape index (κ1) is 9.96. The van der Waals surface area contributed by atoms with Gasteiger partial charge in [0.15, 0.2) is 0 Å². The zero-order valence-corrected chi connectivity index (χ0v) is 7.81. The fraction of sp³-hybridized carbons (Fsp3) is 1.00. The van der Waals surface area contributed by atoms with Crippen molar-refractivity contribution in [2.45, 2.75) is 47.1 Å². The van der Waals surface area contributed by atoms with Crippen LogP contribution in [0.15, 0.2) is 0 Å². The molecule has 0 rings (SSSR count). The molecule has 0 aliphatic rings. The molecule has 0 amide bonds. The third kappa shape index (κ3) is 3.21. The molecule has 0 fully saturated rings. The first-order chi connectivity index (χ1) is 4.36. The van der Waals surface area contributed by atoms with E-state index in [1.54, 1.807) is 0 Å². The van der Waals surface area contributed by atoms with E-state index in [4.69, 9.17) is 5.11 Å². The van der Waals surface area contributed by atoms with Crippen LogP contribution in [0.3, 0.4) is 0 Å². The van der Waals surface area contributed by atoms with Gasteiger partial charge in [0.1, 0.15) is 0 Å². The van der Waals surface area contributed by atoms with Crippen molar-refractivity contribution in [3.63, 3.8) is 0 Å². The highest BCUT2D eigenvalue weighted by atomic mass is 16.3. The van der Waals surface area contributed by atoms with Crippen molar-refractivity contribution < 1.29 is 5.11 Å². The highest BCUT2D eigenvalue weighted by Gasteiger charge is 2.23. The quantitative estimate of drug-likeness (QED) is 0.645. The summed E-state index contributed by atoms with van der Waals surface area (Å²) < 4.78 is 0. The molecule has 0 saturated carbocycles. The van der Waals surface area contributed by atoms with Crippen molar-refractivity contribution in [3.05, 3.63) is 0 Å². The molecule has 0 aliphatic carbocycles. The lowest BCUT2D eigenvalue weighted by Crippen LogP contribution is -2.24. The van der Waals surface area contributed by atoms with E-state index in [1.165, 1.54) is 0 Å². The van der Waals surface area contributed by atoms with E-state index in [0.717, 1.165) is 6.42 Å². The number of rotatable bonds is 3. The Hall–Kier alpha value is -0.0400. The Kier molecular flexibility index (Phi) is 3.37. The molecule has 1 atom stereocenters. The van der Waals surface area contributed by atoms with E-state index in [2.05, 4.69) is 27.7 Å². The van der Waals surface area contributed by atoms with Crippen LogP contribution in [-0.4, -0.2) is 11.2 Å². The summed E-state index contributed by atoms with van der Waals surface area (Å²) in [6.07, 6.45) is 0.724. The van der Waals surface area contributed by atoms with Gasteiger partial charge in [0, 0.05) is 0 Å². The zero-order valence-electron chi connectivity index (χ0n) is 7.81. The van der Waals surface area contributed by atoms with Crippen LogP contribution in [0.2, 0.25) is 0 Å². The lowest BCUT2D eigenvalue weighted by Gasteiger charge is -2.30. The van der Waals surface area contributed by atoms with Gasteiger partial charge in [0.25, 0.3) is 0 Å². The first-order valence-corrected chi connectivity index (χ1v) is 4.04. The Labute approximate surface area is 64.5 Å². The maximum absolute atomic E-state index is 9.14. The van der Waals surface area contributed by atoms with Crippen LogP contribution in [-0.2, 0) is 0 Å². The minimum Gasteiger partial charge on any atom is -0.393 e. The van der Waals surface area contributed by atoms with Crippen molar-refractivity contribution >= 4 is 0 Å². The third-order valence-electron chi connectivity index (χ3n) is 2.38. The van der Waals surface area contributed by atoms with Gasteiger partial charge in [-0.3, -0.25) is 0 Å². The third-order valence-corrected chi connectivity index (χ3v) is 2.38. The average Bonchev–Trinajstić information content (AvgIpc) is 1.60. The second kappa shape index (κ2) is 3.38. The summed E-state index contributed by atoms with van der Waals surface area (Å²) in [4.78, 5) is 0. The lowest BCUT2D eigenvalue weighted by atomic mass is 9.77. The lowest BCUT2D eigenvalue weighted by molar-refractivity contribution is 0.102. The van der Waals surface area contributed by atoms with Crippen LogP contribution in [0, 0.1) is 11.3 Å². The van der Waals surface area contributed by atoms with E-state index in [9.17, 15) is 0 Å². The Bertz CT molecular complexity index is 92.9. The minimum absolute atomic E-state index is 0.169. The molecule has 0 saturated heterocycles. The van der Waals surface area contributed by atoms with Crippen molar-refractivity contribution in [1.29, 1.82) is 0 Å². The number of aliphatic hydroxyl groups is 1. The van der Waals surface area contributed by atoms with Gasteiger partial charge in [0.2, 0.25) is 0 Å². The summed E-state index contributed by atoms with van der Waals surface area (Å²) in [7, 11) is 0. The first-order valence-electron chi connectivity index (χ1n) is 4.04. The number of aliphatic hydroxyl groups excluding tert-OH is 1. The normalized spacial score (nSPS) is 15.9. The molecule has 1 heteroatoms. The molecule has 0 spiro atoms. The molecule has 1 unspecified atom stereocenters. The van der Waals surface area contributed by atoms with E-state index >= 15 is 0 Å². The molecule has 0 heterocycles. The van der Waals surface area contributed by atoms with E-state index in [-0.39, 0.29) is 11.5 Å². The van der Waals surface area contributed by atoms with E-state index in [1.807, 2.05) is 6.92 Å². The smallest absolute Gasteiger partial charge is 0.0517 e. The summed E-state index contributed by atoms with van der Waals surface area (Å²) in [5.74, 6) is 0.641. The summed E-state index contributed by atoms with van der Waals surface area (Å²) in [5, 5.41) is 9.14. The monoisotopic (exact) mass is 144 g/mol. The molecule has 62 valence electrons. The topological polar surface area (TPSA) is 20.2 Å². The second-order valence-electron chi connectivity index (χ2n) is 4.20. The van der Waals surface area contributed by atoms with Crippen LogP contribution < -0.4 is 0 Å². The van der Waals surface area contributed by atoms with Gasteiger partial charge in [-0.25, -0.2) is 0 Å². The minimum atomic E-state index is -0.169. The average molecular weight is 144 g/mol. The van der Waals surface area contributed by atoms with Gasteiger partial charge in [-0.2, -0.15) is 0 Å². The van der Waals surface area contributed by atoms with Gasteiger partial charge in [-0.05, 0) is 24.7 Å². The van der Waals surface area contributed by atoms with E-state index < -0.39 is 0 Å². The van der Waals surface area contributed by atoms with Crippen molar-refractivity contribution in [3.8, 4) is 0 Å². The van der Waals surface area contributed by atoms with Crippen LogP contribution in [0.4, 0.5) is 0 Å². The van der Waals surface area contributed by atoms with Gasteiger partial charge in [0.05, 0.1) is 6.10 Å². The Morgan fingerprint density at radius 3 is 1.70 bits per heavy atom. The number of hydrogen-bond donors (Lipinski definition) is 1. The zero-order chi connectivity index (χ0) is 8.36. The van der Waals surface area contributed by atoms with Crippen LogP contribution in [0.1, 0.15) is 41.0 Å². The summed E-state index contributed by atoms with van der Waals surface area (Å²) >= 11 is 0. The van der Waals surface area contributed by atoms with Gasteiger partial charge < -0.3 is 5.11 Å². The Morgan fingerprint density at radius 2 is 1.60 bits per heavy atom. The molecule has 0 bridgehead atoms. The molecule has 1 N–H and O–H groups in total. The summed E-state index contributed by atoms with van der Waals surface area (Å²) in [5.41, 5.74) is 0.272. The fourth-order valence-corrected chi connectivity index (χ4v) is 0.997. The maximum atomic E-state index is 9.14. The molecule has 0 aromatic carbocycles. The molecule has 0 radical (unpaired) electrons. The predicted molar refractivity (Wildman–Crippen MR) is 44.9 cm³/mol. The molecule has 0 aromatic rings. The highest BCUT2D eigenvalue weighted by Crippen LogP contribution is 2.30. The fourth-order valence-electron chi connectivity index (χ4n) is 0.997. The van der Waals surface area contributed by atoms with Crippen LogP contribution in [0.25, 0.3) is 0 Å². The summed E-state index contributed by atoms with van der Waals surface area (Å²) in [6.45, 7) is 10.6. The van der Waals surface area contributed by atoms with Crippen LogP contribution in [0.5, 0.6) is 0 Å². The second-order valence-corrected chi connectivity index (χ2v) is 4.20. The van der Waals surface area contributed by atoms with Crippen molar-refractivity contribution in [2.75, 3.05) is 0 Å². The molecular formula is C9H20O. The molecule has 0 aromatic heterocycles. The van der Waals surface area contributed by atoms with Crippen LogP contribution >= 0.6 is 0 Å². The predicted octanol–water partition coefficient (Wildman–Crippen LogP) is 2.44. The Balaban J connectivity index is 3.87. The van der Waals surface area contributed by atoms with Gasteiger partial charge >= 0.3 is 0 Å². The number of hydrogen-bond acceptors (Lipinski definition) is 1. The van der Waals surface area contributed by atoms with Gasteiger partial charge in [-0.15, -0.1) is 0 Å². The SMILES string of the molecule is CC(O)CC(C)(C)C(C)C. The highest BCUT2D eigenvalue weighted by molar-refractivity contribution is 4.74. The molecule has 0 aliphatic heterocycles. The summed E-state index contributed by atoms with van der Waals surface area (Å²) in [6, 6.07) is 0. The van der Waals surface area contributed by atoms with E-state index in [0.29, 0.717) is 5.92 Å². The largest absolute Gasteiger partial charge is 0.393 e. The standard InChI is InChI=1S/C9H20O/c1-7(2)9(4,5)6-8(3)10/h7-8,10H,6H2,1-5H3. The Morgan fingerprint density at radius 1 is 1.20 bits per heavy atom. The van der Waals surface area contributed by atoms with Crippen molar-refractivity contribution in [2.24, 2.45) is 11.3 Å². The van der Waals surface area contributed by atoms with Gasteiger partial charge in [-0.1, -0.05) is 27.7 Å². The maximum Gasteiger partial charge on any atom is 0.0517 e. The molecule has 10 heavy (non-hydrogen) atoms. The molecular weight excluding hydrogens is 124 g/mol. The van der Waals surface area contributed by atoms with Crippen molar-refractivity contribution in [1.82, 2.24) is 0 Å². The molecule has 1 nitrogen and oxygen atoms in total.